The minimum atomic E-state index is 1.30. The standard InChI is InChI=1S/C28H16S2/c1-2-6-18-12-23-15-21-14-20(10-9-19(21)13-22(23)11-17(18)5-1)26-16-27-28(30-26)24-7-3-4-8-25(24)29-27/h1-16H. The fourth-order valence-corrected chi connectivity index (χ4v) is 7.01. The van der Waals surface area contributed by atoms with Crippen molar-refractivity contribution in [2.45, 2.75) is 0 Å². The number of hydrogen-bond acceptors (Lipinski definition) is 2. The highest BCUT2D eigenvalue weighted by Gasteiger charge is 2.11. The molecule has 7 rings (SSSR count). The number of benzene rings is 5. The van der Waals surface area contributed by atoms with Gasteiger partial charge in [-0.05, 0) is 80.3 Å². The molecule has 0 bridgehead atoms. The van der Waals surface area contributed by atoms with E-state index < -0.39 is 0 Å². The van der Waals surface area contributed by atoms with E-state index in [0.29, 0.717) is 0 Å². The van der Waals surface area contributed by atoms with Gasteiger partial charge in [0.1, 0.15) is 0 Å². The zero-order valence-corrected chi connectivity index (χ0v) is 17.7. The molecule has 0 fully saturated rings. The Morgan fingerprint density at radius 2 is 1.07 bits per heavy atom. The predicted octanol–water partition coefficient (Wildman–Crippen LogP) is 9.24. The zero-order chi connectivity index (χ0) is 19.7. The zero-order valence-electron chi connectivity index (χ0n) is 16.1. The highest BCUT2D eigenvalue weighted by atomic mass is 32.1. The molecule has 0 unspecified atom stereocenters. The minimum Gasteiger partial charge on any atom is -0.134 e. The molecule has 0 aliphatic carbocycles. The Kier molecular flexibility index (Phi) is 3.40. The maximum atomic E-state index is 2.36. The van der Waals surface area contributed by atoms with Crippen LogP contribution in [0.2, 0.25) is 0 Å². The fourth-order valence-electron chi connectivity index (χ4n) is 4.49. The van der Waals surface area contributed by atoms with E-state index in [4.69, 9.17) is 0 Å². The van der Waals surface area contributed by atoms with Crippen molar-refractivity contribution in [2.24, 2.45) is 0 Å². The lowest BCUT2D eigenvalue weighted by Crippen LogP contribution is -1.80. The lowest BCUT2D eigenvalue weighted by atomic mass is 9.98. The first kappa shape index (κ1) is 16.6. The first-order valence-electron chi connectivity index (χ1n) is 10.1. The van der Waals surface area contributed by atoms with Crippen LogP contribution in [0, 0.1) is 0 Å². The lowest BCUT2D eigenvalue weighted by Gasteiger charge is -2.07. The van der Waals surface area contributed by atoms with E-state index in [9.17, 15) is 0 Å². The summed E-state index contributed by atoms with van der Waals surface area (Å²) in [5.74, 6) is 0. The summed E-state index contributed by atoms with van der Waals surface area (Å²) in [7, 11) is 0. The molecule has 0 N–H and O–H groups in total. The van der Waals surface area contributed by atoms with Crippen LogP contribution in [0.5, 0.6) is 0 Å². The molecule has 2 heterocycles. The third kappa shape index (κ3) is 2.44. The molecule has 0 aliphatic heterocycles. The van der Waals surface area contributed by atoms with Crippen molar-refractivity contribution in [1.82, 2.24) is 0 Å². The molecule has 0 saturated heterocycles. The van der Waals surface area contributed by atoms with Crippen LogP contribution in [-0.2, 0) is 0 Å². The summed E-state index contributed by atoms with van der Waals surface area (Å²) in [5, 5.41) is 9.18. The van der Waals surface area contributed by atoms with Crippen molar-refractivity contribution in [3.05, 3.63) is 97.1 Å². The Bertz CT molecular complexity index is 1750. The second-order valence-corrected chi connectivity index (χ2v) is 10.00. The van der Waals surface area contributed by atoms with Crippen LogP contribution >= 0.6 is 22.7 Å². The van der Waals surface area contributed by atoms with E-state index in [1.165, 1.54) is 62.2 Å². The summed E-state index contributed by atoms with van der Waals surface area (Å²) in [6.07, 6.45) is 0. The maximum absolute atomic E-state index is 2.36. The van der Waals surface area contributed by atoms with Gasteiger partial charge < -0.3 is 0 Å². The second kappa shape index (κ2) is 6.15. The monoisotopic (exact) mass is 416 g/mol. The van der Waals surface area contributed by atoms with Crippen molar-refractivity contribution < 1.29 is 0 Å². The van der Waals surface area contributed by atoms with Gasteiger partial charge in [0.25, 0.3) is 0 Å². The van der Waals surface area contributed by atoms with Crippen LogP contribution in [0.3, 0.4) is 0 Å². The predicted molar refractivity (Wildman–Crippen MR) is 135 cm³/mol. The first-order valence-corrected chi connectivity index (χ1v) is 11.7. The highest BCUT2D eigenvalue weighted by molar-refractivity contribution is 7.33. The van der Waals surface area contributed by atoms with Crippen LogP contribution in [0.1, 0.15) is 0 Å². The van der Waals surface area contributed by atoms with E-state index in [-0.39, 0.29) is 0 Å². The maximum Gasteiger partial charge on any atom is 0.0535 e. The molecule has 0 atom stereocenters. The fraction of sp³-hybridized carbons (Fsp3) is 0. The van der Waals surface area contributed by atoms with Crippen LogP contribution in [0.25, 0.3) is 62.2 Å². The van der Waals surface area contributed by atoms with Gasteiger partial charge in [-0.25, -0.2) is 0 Å². The van der Waals surface area contributed by atoms with E-state index in [1.807, 2.05) is 22.7 Å². The van der Waals surface area contributed by atoms with Crippen molar-refractivity contribution in [3.8, 4) is 10.4 Å². The molecule has 5 aromatic carbocycles. The largest absolute Gasteiger partial charge is 0.134 e. The summed E-state index contributed by atoms with van der Waals surface area (Å²) in [4.78, 5) is 1.35. The Morgan fingerprint density at radius 3 is 1.87 bits per heavy atom. The molecular weight excluding hydrogens is 400 g/mol. The number of fused-ring (bicyclic) bond motifs is 6. The topological polar surface area (TPSA) is 0 Å². The molecule has 0 radical (unpaired) electrons. The van der Waals surface area contributed by atoms with Gasteiger partial charge in [-0.2, -0.15) is 0 Å². The van der Waals surface area contributed by atoms with Crippen LogP contribution in [0.15, 0.2) is 97.1 Å². The second-order valence-electron chi connectivity index (χ2n) is 7.86. The Hall–Kier alpha value is -3.20. The quantitative estimate of drug-likeness (QED) is 0.234. The Balaban J connectivity index is 1.42. The van der Waals surface area contributed by atoms with E-state index in [2.05, 4.69) is 97.1 Å². The highest BCUT2D eigenvalue weighted by Crippen LogP contribution is 2.43. The number of rotatable bonds is 1. The van der Waals surface area contributed by atoms with Gasteiger partial charge in [-0.15, -0.1) is 22.7 Å². The van der Waals surface area contributed by atoms with Gasteiger partial charge in [0, 0.05) is 19.7 Å². The van der Waals surface area contributed by atoms with Gasteiger partial charge in [0.05, 0.1) is 4.70 Å². The van der Waals surface area contributed by atoms with Crippen LogP contribution < -0.4 is 0 Å². The van der Waals surface area contributed by atoms with Crippen LogP contribution in [-0.4, -0.2) is 0 Å². The summed E-state index contributed by atoms with van der Waals surface area (Å²) in [6, 6.07) is 35.8. The molecule has 0 amide bonds. The van der Waals surface area contributed by atoms with E-state index in [0.717, 1.165) is 0 Å². The van der Waals surface area contributed by atoms with Crippen molar-refractivity contribution in [2.75, 3.05) is 0 Å². The van der Waals surface area contributed by atoms with Gasteiger partial charge in [-0.3, -0.25) is 0 Å². The van der Waals surface area contributed by atoms with Crippen molar-refractivity contribution >= 4 is 74.5 Å². The molecule has 0 saturated carbocycles. The van der Waals surface area contributed by atoms with Crippen LogP contribution in [0.4, 0.5) is 0 Å². The third-order valence-corrected chi connectivity index (χ3v) is 8.46. The molecule has 140 valence electrons. The van der Waals surface area contributed by atoms with Gasteiger partial charge >= 0.3 is 0 Å². The molecule has 2 heteroatoms. The summed E-state index contributed by atoms with van der Waals surface area (Å²) >= 11 is 3.81. The summed E-state index contributed by atoms with van der Waals surface area (Å²) < 4.78 is 4.18. The molecule has 30 heavy (non-hydrogen) atoms. The van der Waals surface area contributed by atoms with Gasteiger partial charge in [0.2, 0.25) is 0 Å². The number of thiophene rings is 2. The molecule has 2 aromatic heterocycles. The van der Waals surface area contributed by atoms with E-state index >= 15 is 0 Å². The van der Waals surface area contributed by atoms with Gasteiger partial charge in [-0.1, -0.05) is 54.6 Å². The normalized spacial score (nSPS) is 12.0. The molecule has 7 aromatic rings. The van der Waals surface area contributed by atoms with Crippen molar-refractivity contribution in [1.29, 1.82) is 0 Å². The van der Waals surface area contributed by atoms with Gasteiger partial charge in [0.15, 0.2) is 0 Å². The molecule has 0 nitrogen and oxygen atoms in total. The summed E-state index contributed by atoms with van der Waals surface area (Å²) in [5.41, 5.74) is 1.31. The van der Waals surface area contributed by atoms with E-state index in [1.54, 1.807) is 0 Å². The SMILES string of the molecule is c1ccc2cc3cc4cc(-c5cc6sc7ccccc7c6s5)ccc4cc3cc2c1. The summed E-state index contributed by atoms with van der Waals surface area (Å²) in [6.45, 7) is 0. The smallest absolute Gasteiger partial charge is 0.0535 e. The average Bonchev–Trinajstić information content (AvgIpc) is 3.34. The number of hydrogen-bond donors (Lipinski definition) is 0. The third-order valence-electron chi connectivity index (χ3n) is 5.99. The molecule has 0 spiro atoms. The molecule has 0 aliphatic rings. The minimum absolute atomic E-state index is 1.30. The average molecular weight is 417 g/mol. The first-order chi connectivity index (χ1) is 14.8. The Labute approximate surface area is 181 Å². The Morgan fingerprint density at radius 1 is 0.433 bits per heavy atom. The lowest BCUT2D eigenvalue weighted by molar-refractivity contribution is 1.76. The van der Waals surface area contributed by atoms with Crippen molar-refractivity contribution in [3.63, 3.8) is 0 Å². The molecular formula is C28H16S2.